The van der Waals surface area contributed by atoms with Gasteiger partial charge in [-0.1, -0.05) is 6.07 Å². The highest BCUT2D eigenvalue weighted by Gasteiger charge is 2.02. The van der Waals surface area contributed by atoms with Crippen LogP contribution in [0.25, 0.3) is 0 Å². The number of benzene rings is 2. The maximum atomic E-state index is 13.0. The minimum Gasteiger partial charge on any atom is -0.384 e. The van der Waals surface area contributed by atoms with E-state index in [2.05, 4.69) is 10.6 Å². The van der Waals surface area contributed by atoms with Crippen LogP contribution in [0.2, 0.25) is 0 Å². The lowest BCUT2D eigenvalue weighted by atomic mass is 10.2. The Morgan fingerprint density at radius 1 is 1.14 bits per heavy atom. The Labute approximate surface area is 122 Å². The highest BCUT2D eigenvalue weighted by atomic mass is 19.1. The summed E-state index contributed by atoms with van der Waals surface area (Å²) in [5.41, 5.74) is 1.83. The fourth-order valence-electron chi connectivity index (χ4n) is 1.77. The van der Waals surface area contributed by atoms with Crippen molar-refractivity contribution in [1.29, 1.82) is 5.26 Å². The van der Waals surface area contributed by atoms with Crippen molar-refractivity contribution < 1.29 is 9.18 Å². The molecule has 106 valence electrons. The molecule has 0 unspecified atom stereocenters. The molecular weight excluding hydrogens is 269 g/mol. The standard InChI is InChI=1S/C16H14FN3O/c17-13-2-1-3-15(10-13)19-9-8-16(21)20-14-6-4-12(11-18)5-7-14/h1-7,10,19H,8-9H2,(H,20,21). The molecule has 21 heavy (non-hydrogen) atoms. The molecule has 0 aliphatic rings. The van der Waals surface area contributed by atoms with Gasteiger partial charge >= 0.3 is 0 Å². The number of hydrogen-bond donors (Lipinski definition) is 2. The van der Waals surface area contributed by atoms with E-state index in [1.165, 1.54) is 12.1 Å². The Morgan fingerprint density at radius 3 is 2.57 bits per heavy atom. The third-order valence-corrected chi connectivity index (χ3v) is 2.80. The van der Waals surface area contributed by atoms with E-state index in [9.17, 15) is 9.18 Å². The van der Waals surface area contributed by atoms with Crippen molar-refractivity contribution in [2.45, 2.75) is 6.42 Å². The molecule has 4 nitrogen and oxygen atoms in total. The lowest BCUT2D eigenvalue weighted by Gasteiger charge is -2.07. The zero-order valence-electron chi connectivity index (χ0n) is 11.3. The normalized spacial score (nSPS) is 9.71. The number of nitrogens with one attached hydrogen (secondary N) is 2. The van der Waals surface area contributed by atoms with E-state index in [4.69, 9.17) is 5.26 Å². The molecule has 0 saturated heterocycles. The Bertz CT molecular complexity index is 662. The molecule has 0 spiro atoms. The van der Waals surface area contributed by atoms with Gasteiger partial charge in [0.05, 0.1) is 11.6 Å². The predicted molar refractivity (Wildman–Crippen MR) is 79.3 cm³/mol. The van der Waals surface area contributed by atoms with E-state index in [1.807, 2.05) is 6.07 Å². The van der Waals surface area contributed by atoms with Crippen LogP contribution in [0.4, 0.5) is 15.8 Å². The Balaban J connectivity index is 1.78. The van der Waals surface area contributed by atoms with Crippen molar-refractivity contribution in [2.75, 3.05) is 17.2 Å². The summed E-state index contributed by atoms with van der Waals surface area (Å²) in [5, 5.41) is 14.4. The smallest absolute Gasteiger partial charge is 0.226 e. The van der Waals surface area contributed by atoms with Gasteiger partial charge in [0.25, 0.3) is 0 Å². The van der Waals surface area contributed by atoms with Gasteiger partial charge in [-0.3, -0.25) is 4.79 Å². The van der Waals surface area contributed by atoms with Gasteiger partial charge in [0.2, 0.25) is 5.91 Å². The number of anilines is 2. The molecule has 0 aliphatic carbocycles. The molecule has 2 rings (SSSR count). The van der Waals surface area contributed by atoms with Crippen LogP contribution in [0.5, 0.6) is 0 Å². The maximum absolute atomic E-state index is 13.0. The molecule has 0 atom stereocenters. The summed E-state index contributed by atoms with van der Waals surface area (Å²) in [6.45, 7) is 0.408. The zero-order valence-corrected chi connectivity index (χ0v) is 11.3. The second-order valence-corrected chi connectivity index (χ2v) is 4.42. The van der Waals surface area contributed by atoms with E-state index >= 15 is 0 Å². The number of carbonyl (C=O) groups is 1. The first-order valence-corrected chi connectivity index (χ1v) is 6.47. The van der Waals surface area contributed by atoms with Gasteiger partial charge < -0.3 is 10.6 Å². The molecule has 2 N–H and O–H groups in total. The number of nitrogens with zero attached hydrogens (tertiary/aromatic N) is 1. The summed E-state index contributed by atoms with van der Waals surface area (Å²) in [5.74, 6) is -0.467. The monoisotopic (exact) mass is 283 g/mol. The van der Waals surface area contributed by atoms with E-state index in [0.717, 1.165) is 0 Å². The van der Waals surface area contributed by atoms with Crippen molar-refractivity contribution in [3.63, 3.8) is 0 Å². The Kier molecular flexibility index (Phi) is 4.89. The van der Waals surface area contributed by atoms with Crippen molar-refractivity contribution in [3.05, 3.63) is 59.9 Å². The molecule has 1 amide bonds. The summed E-state index contributed by atoms with van der Waals surface area (Å²) in [6, 6.07) is 14.7. The van der Waals surface area contributed by atoms with Gasteiger partial charge in [0, 0.05) is 24.3 Å². The molecule has 5 heteroatoms. The molecule has 0 radical (unpaired) electrons. The highest BCUT2D eigenvalue weighted by molar-refractivity contribution is 5.91. The van der Waals surface area contributed by atoms with Crippen LogP contribution in [0.1, 0.15) is 12.0 Å². The van der Waals surface area contributed by atoms with Crippen molar-refractivity contribution >= 4 is 17.3 Å². The molecule has 2 aromatic carbocycles. The van der Waals surface area contributed by atoms with Crippen LogP contribution in [-0.2, 0) is 4.79 Å². The number of rotatable bonds is 5. The Hall–Kier alpha value is -2.87. The van der Waals surface area contributed by atoms with Gasteiger partial charge in [-0.05, 0) is 42.5 Å². The predicted octanol–water partition coefficient (Wildman–Crippen LogP) is 3.14. The summed E-state index contributed by atoms with van der Waals surface area (Å²) in [6.07, 6.45) is 0.260. The van der Waals surface area contributed by atoms with E-state index < -0.39 is 0 Å². The quantitative estimate of drug-likeness (QED) is 0.886. The van der Waals surface area contributed by atoms with Gasteiger partial charge in [-0.25, -0.2) is 4.39 Å². The SMILES string of the molecule is N#Cc1ccc(NC(=O)CCNc2cccc(F)c2)cc1. The van der Waals surface area contributed by atoms with Crippen LogP contribution in [0.3, 0.4) is 0 Å². The van der Waals surface area contributed by atoms with E-state index in [1.54, 1.807) is 36.4 Å². The van der Waals surface area contributed by atoms with Crippen LogP contribution < -0.4 is 10.6 Å². The molecule has 0 bridgehead atoms. The van der Waals surface area contributed by atoms with Crippen LogP contribution >= 0.6 is 0 Å². The van der Waals surface area contributed by atoms with Crippen molar-refractivity contribution in [3.8, 4) is 6.07 Å². The Morgan fingerprint density at radius 2 is 1.90 bits per heavy atom. The number of nitriles is 1. The maximum Gasteiger partial charge on any atom is 0.226 e. The average Bonchev–Trinajstić information content (AvgIpc) is 2.48. The fraction of sp³-hybridized carbons (Fsp3) is 0.125. The number of halogens is 1. The summed E-state index contributed by atoms with van der Waals surface area (Å²) >= 11 is 0. The summed E-state index contributed by atoms with van der Waals surface area (Å²) in [7, 11) is 0. The topological polar surface area (TPSA) is 64.9 Å². The summed E-state index contributed by atoms with van der Waals surface area (Å²) < 4.78 is 13.0. The molecule has 2 aromatic rings. The molecule has 0 fully saturated rings. The van der Waals surface area contributed by atoms with Gasteiger partial charge in [-0.2, -0.15) is 5.26 Å². The van der Waals surface area contributed by atoms with Crippen molar-refractivity contribution in [2.24, 2.45) is 0 Å². The van der Waals surface area contributed by atoms with Crippen LogP contribution in [0, 0.1) is 17.1 Å². The average molecular weight is 283 g/mol. The lowest BCUT2D eigenvalue weighted by molar-refractivity contribution is -0.115. The van der Waals surface area contributed by atoms with E-state index in [0.29, 0.717) is 23.5 Å². The molecule has 0 saturated carbocycles. The largest absolute Gasteiger partial charge is 0.384 e. The highest BCUT2D eigenvalue weighted by Crippen LogP contribution is 2.10. The fourth-order valence-corrected chi connectivity index (χ4v) is 1.77. The number of carbonyl (C=O) groups excluding carboxylic acids is 1. The summed E-state index contributed by atoms with van der Waals surface area (Å²) in [4.78, 5) is 11.7. The zero-order chi connectivity index (χ0) is 15.1. The third kappa shape index (κ3) is 4.62. The van der Waals surface area contributed by atoms with E-state index in [-0.39, 0.29) is 18.1 Å². The first-order chi connectivity index (χ1) is 10.2. The number of hydrogen-bond acceptors (Lipinski definition) is 3. The first-order valence-electron chi connectivity index (χ1n) is 6.47. The first kappa shape index (κ1) is 14.5. The van der Waals surface area contributed by atoms with Crippen molar-refractivity contribution in [1.82, 2.24) is 0 Å². The molecule has 0 aliphatic heterocycles. The molecular formula is C16H14FN3O. The molecule has 0 aromatic heterocycles. The minimum absolute atomic E-state index is 0.149. The van der Waals surface area contributed by atoms with Gasteiger partial charge in [0.1, 0.15) is 5.82 Å². The minimum atomic E-state index is -0.318. The number of amides is 1. The lowest BCUT2D eigenvalue weighted by Crippen LogP contribution is -2.16. The van der Waals surface area contributed by atoms with Crippen LogP contribution in [0.15, 0.2) is 48.5 Å². The van der Waals surface area contributed by atoms with Gasteiger partial charge in [-0.15, -0.1) is 0 Å². The van der Waals surface area contributed by atoms with Gasteiger partial charge in [0.15, 0.2) is 0 Å². The second kappa shape index (κ2) is 7.06. The van der Waals surface area contributed by atoms with Crippen LogP contribution in [-0.4, -0.2) is 12.5 Å². The third-order valence-electron chi connectivity index (χ3n) is 2.80. The second-order valence-electron chi connectivity index (χ2n) is 4.42. The molecule has 0 heterocycles.